The minimum Gasteiger partial charge on any atom is -0.354 e. The highest BCUT2D eigenvalue weighted by Gasteiger charge is 2.16. The van der Waals surface area contributed by atoms with Crippen molar-refractivity contribution in [3.63, 3.8) is 0 Å². The third-order valence-corrected chi connectivity index (χ3v) is 3.99. The molecular formula is C15H12ClN3OS. The Hall–Kier alpha value is -2.11. The van der Waals surface area contributed by atoms with Crippen LogP contribution in [0.1, 0.15) is 10.5 Å². The summed E-state index contributed by atoms with van der Waals surface area (Å²) in [4.78, 5) is 11.8. The molecule has 0 bridgehead atoms. The van der Waals surface area contributed by atoms with Gasteiger partial charge < -0.3 is 5.32 Å². The molecule has 1 N–H and O–H groups in total. The molecule has 0 atom stereocenters. The number of amides is 1. The predicted molar refractivity (Wildman–Crippen MR) is 85.3 cm³/mol. The molecule has 0 spiro atoms. The highest BCUT2D eigenvalue weighted by Crippen LogP contribution is 2.26. The van der Waals surface area contributed by atoms with Gasteiger partial charge in [0, 0.05) is 23.0 Å². The van der Waals surface area contributed by atoms with Crippen LogP contribution >= 0.6 is 22.9 Å². The maximum atomic E-state index is 11.8. The van der Waals surface area contributed by atoms with E-state index in [-0.39, 0.29) is 5.91 Å². The summed E-state index contributed by atoms with van der Waals surface area (Å²) in [6.45, 7) is 0. The summed E-state index contributed by atoms with van der Waals surface area (Å²) >= 11 is 7.53. The minimum absolute atomic E-state index is 0.209. The first-order chi connectivity index (χ1) is 10.2. The van der Waals surface area contributed by atoms with Gasteiger partial charge in [-0.3, -0.25) is 4.79 Å². The smallest absolute Gasteiger partial charge is 0.271 e. The standard InChI is InChI=1S/C15H12ClN3OS/c1-17-15(20)13-8-14(10-6-7-21-9-10)19(18-13)12-4-2-11(16)3-5-12/h2-9H,1H3,(H,17,20). The lowest BCUT2D eigenvalue weighted by atomic mass is 10.2. The lowest BCUT2D eigenvalue weighted by Crippen LogP contribution is -2.18. The summed E-state index contributed by atoms with van der Waals surface area (Å²) in [5.41, 5.74) is 3.14. The SMILES string of the molecule is CNC(=O)c1cc(-c2ccsc2)n(-c2ccc(Cl)cc2)n1. The van der Waals surface area contributed by atoms with Gasteiger partial charge in [0.2, 0.25) is 0 Å². The largest absolute Gasteiger partial charge is 0.354 e. The molecule has 0 aliphatic rings. The Morgan fingerprint density at radius 2 is 2.05 bits per heavy atom. The van der Waals surface area contributed by atoms with Crippen LogP contribution < -0.4 is 5.32 Å². The lowest BCUT2D eigenvalue weighted by Gasteiger charge is -2.06. The second kappa shape index (κ2) is 5.71. The number of rotatable bonds is 3. The number of aromatic nitrogens is 2. The van der Waals surface area contributed by atoms with E-state index in [4.69, 9.17) is 11.6 Å². The van der Waals surface area contributed by atoms with Crippen molar-refractivity contribution in [1.82, 2.24) is 15.1 Å². The normalized spacial score (nSPS) is 10.6. The molecule has 3 rings (SSSR count). The maximum absolute atomic E-state index is 11.8. The number of carbonyl (C=O) groups is 1. The van der Waals surface area contributed by atoms with E-state index >= 15 is 0 Å². The zero-order chi connectivity index (χ0) is 14.8. The van der Waals surface area contributed by atoms with E-state index in [0.29, 0.717) is 10.7 Å². The quantitative estimate of drug-likeness (QED) is 0.802. The Morgan fingerprint density at radius 3 is 2.67 bits per heavy atom. The molecule has 0 radical (unpaired) electrons. The highest BCUT2D eigenvalue weighted by molar-refractivity contribution is 7.08. The molecule has 4 nitrogen and oxygen atoms in total. The van der Waals surface area contributed by atoms with Gasteiger partial charge in [-0.2, -0.15) is 16.4 Å². The predicted octanol–water partition coefficient (Wildman–Crippen LogP) is 3.61. The van der Waals surface area contributed by atoms with Gasteiger partial charge in [0.15, 0.2) is 5.69 Å². The second-order valence-corrected chi connectivity index (χ2v) is 5.61. The molecule has 0 fully saturated rings. The Labute approximate surface area is 131 Å². The highest BCUT2D eigenvalue weighted by atomic mass is 35.5. The average molecular weight is 318 g/mol. The topological polar surface area (TPSA) is 46.9 Å². The van der Waals surface area contributed by atoms with Crippen molar-refractivity contribution in [1.29, 1.82) is 0 Å². The van der Waals surface area contributed by atoms with Crippen LogP contribution in [0.4, 0.5) is 0 Å². The number of nitrogens with one attached hydrogen (secondary N) is 1. The molecule has 1 aromatic carbocycles. The number of nitrogens with zero attached hydrogens (tertiary/aromatic N) is 2. The van der Waals surface area contributed by atoms with E-state index < -0.39 is 0 Å². The second-order valence-electron chi connectivity index (χ2n) is 4.39. The third kappa shape index (κ3) is 2.70. The molecule has 21 heavy (non-hydrogen) atoms. The van der Waals surface area contributed by atoms with E-state index in [1.165, 1.54) is 0 Å². The first kappa shape index (κ1) is 13.9. The van der Waals surface area contributed by atoms with E-state index in [1.807, 2.05) is 29.0 Å². The van der Waals surface area contributed by atoms with E-state index in [9.17, 15) is 4.79 Å². The van der Waals surface area contributed by atoms with Gasteiger partial charge in [-0.15, -0.1) is 0 Å². The molecule has 1 amide bonds. The van der Waals surface area contributed by atoms with Crippen molar-refractivity contribution in [2.75, 3.05) is 7.05 Å². The summed E-state index contributed by atoms with van der Waals surface area (Å²) in [6, 6.07) is 11.1. The molecule has 106 valence electrons. The molecule has 0 aliphatic carbocycles. The van der Waals surface area contributed by atoms with E-state index in [2.05, 4.69) is 10.4 Å². The van der Waals surface area contributed by atoms with Crippen LogP contribution in [0.5, 0.6) is 0 Å². The van der Waals surface area contributed by atoms with Gasteiger partial charge in [0.05, 0.1) is 11.4 Å². The summed E-state index contributed by atoms with van der Waals surface area (Å²) in [6.07, 6.45) is 0. The Kier molecular flexibility index (Phi) is 3.77. The molecule has 2 aromatic heterocycles. The molecule has 2 heterocycles. The lowest BCUT2D eigenvalue weighted by molar-refractivity contribution is 0.0957. The van der Waals surface area contributed by atoms with Crippen LogP contribution in [0.25, 0.3) is 16.9 Å². The molecule has 3 aromatic rings. The van der Waals surface area contributed by atoms with Crippen LogP contribution in [0.15, 0.2) is 47.2 Å². The third-order valence-electron chi connectivity index (χ3n) is 3.06. The van der Waals surface area contributed by atoms with Crippen molar-refractivity contribution >= 4 is 28.8 Å². The summed E-state index contributed by atoms with van der Waals surface area (Å²) in [5, 5.41) is 11.7. The van der Waals surface area contributed by atoms with Gasteiger partial charge in [-0.05, 0) is 41.8 Å². The summed E-state index contributed by atoms with van der Waals surface area (Å²) < 4.78 is 1.75. The molecule has 0 aliphatic heterocycles. The Bertz CT molecular complexity index is 763. The van der Waals surface area contributed by atoms with Gasteiger partial charge in [-0.1, -0.05) is 11.6 Å². The van der Waals surface area contributed by atoms with E-state index in [0.717, 1.165) is 16.9 Å². The molecule has 0 saturated heterocycles. The Morgan fingerprint density at radius 1 is 1.29 bits per heavy atom. The molecule has 6 heteroatoms. The first-order valence-electron chi connectivity index (χ1n) is 6.29. The number of hydrogen-bond acceptors (Lipinski definition) is 3. The minimum atomic E-state index is -0.209. The zero-order valence-electron chi connectivity index (χ0n) is 11.2. The zero-order valence-corrected chi connectivity index (χ0v) is 12.8. The van der Waals surface area contributed by atoms with Crippen LogP contribution in [0, 0.1) is 0 Å². The number of hydrogen-bond donors (Lipinski definition) is 1. The van der Waals surface area contributed by atoms with Gasteiger partial charge in [0.1, 0.15) is 0 Å². The fraction of sp³-hybridized carbons (Fsp3) is 0.0667. The number of benzene rings is 1. The number of halogens is 1. The fourth-order valence-corrected chi connectivity index (χ4v) is 2.79. The molecule has 0 saturated carbocycles. The molecule has 0 unspecified atom stereocenters. The van der Waals surface area contributed by atoms with Crippen LogP contribution in [-0.2, 0) is 0 Å². The Balaban J connectivity index is 2.15. The number of thiophene rings is 1. The summed E-state index contributed by atoms with van der Waals surface area (Å²) in [5.74, 6) is -0.209. The van der Waals surface area contributed by atoms with Gasteiger partial charge in [-0.25, -0.2) is 4.68 Å². The maximum Gasteiger partial charge on any atom is 0.271 e. The van der Waals surface area contributed by atoms with Crippen molar-refractivity contribution in [2.45, 2.75) is 0 Å². The van der Waals surface area contributed by atoms with Crippen molar-refractivity contribution in [3.8, 4) is 16.9 Å². The van der Waals surface area contributed by atoms with Crippen LogP contribution in [-0.4, -0.2) is 22.7 Å². The average Bonchev–Trinajstić information content (AvgIpc) is 3.16. The van der Waals surface area contributed by atoms with E-state index in [1.54, 1.807) is 41.3 Å². The van der Waals surface area contributed by atoms with Gasteiger partial charge in [0.25, 0.3) is 5.91 Å². The van der Waals surface area contributed by atoms with Gasteiger partial charge >= 0.3 is 0 Å². The fourth-order valence-electron chi connectivity index (χ4n) is 2.02. The van der Waals surface area contributed by atoms with Crippen LogP contribution in [0.3, 0.4) is 0 Å². The van der Waals surface area contributed by atoms with Crippen molar-refractivity contribution in [2.24, 2.45) is 0 Å². The number of carbonyl (C=O) groups excluding carboxylic acids is 1. The van der Waals surface area contributed by atoms with Crippen LogP contribution in [0.2, 0.25) is 5.02 Å². The first-order valence-corrected chi connectivity index (χ1v) is 7.62. The molecular weight excluding hydrogens is 306 g/mol. The van der Waals surface area contributed by atoms with Crippen molar-refractivity contribution in [3.05, 3.63) is 57.9 Å². The monoisotopic (exact) mass is 317 g/mol. The summed E-state index contributed by atoms with van der Waals surface area (Å²) in [7, 11) is 1.59. The van der Waals surface area contributed by atoms with Crippen molar-refractivity contribution < 1.29 is 4.79 Å².